The highest BCUT2D eigenvalue weighted by molar-refractivity contribution is 5.57. The molecule has 0 amide bonds. The second-order valence-corrected chi connectivity index (χ2v) is 7.70. The Labute approximate surface area is 147 Å². The first-order chi connectivity index (χ1) is 11.2. The zero-order chi connectivity index (χ0) is 18.1. The maximum absolute atomic E-state index is 5.86. The lowest BCUT2D eigenvalue weighted by Crippen LogP contribution is -2.49. The van der Waals surface area contributed by atoms with E-state index in [1.807, 2.05) is 26.8 Å². The van der Waals surface area contributed by atoms with E-state index in [4.69, 9.17) is 9.47 Å². The molecule has 2 rings (SSSR count). The van der Waals surface area contributed by atoms with Crippen LogP contribution in [0, 0.1) is 19.8 Å². The van der Waals surface area contributed by atoms with Crippen molar-refractivity contribution in [3.63, 3.8) is 0 Å². The average Bonchev–Trinajstić information content (AvgIpc) is 2.39. The van der Waals surface area contributed by atoms with Crippen LogP contribution in [0.25, 0.3) is 6.08 Å². The third kappa shape index (κ3) is 4.02. The Hall–Kier alpha value is -1.74. The molecular formula is C21H31NO2. The molecule has 0 aliphatic carbocycles. The lowest BCUT2D eigenvalue weighted by Gasteiger charge is -2.45. The summed E-state index contributed by atoms with van der Waals surface area (Å²) >= 11 is 0. The molecule has 132 valence electrons. The van der Waals surface area contributed by atoms with Crippen molar-refractivity contribution in [1.82, 2.24) is 4.90 Å². The smallest absolute Gasteiger partial charge is 0.182 e. The van der Waals surface area contributed by atoms with Gasteiger partial charge in [0.2, 0.25) is 0 Å². The van der Waals surface area contributed by atoms with Gasteiger partial charge in [0.05, 0.1) is 6.10 Å². The van der Waals surface area contributed by atoms with Crippen molar-refractivity contribution in [3.8, 4) is 0 Å². The molecule has 1 aliphatic heterocycles. The minimum Gasteiger partial charge on any atom is -0.474 e. The van der Waals surface area contributed by atoms with Crippen LogP contribution >= 0.6 is 0 Å². The number of hydrogen-bond donors (Lipinski definition) is 0. The monoisotopic (exact) mass is 329 g/mol. The van der Waals surface area contributed by atoms with E-state index in [2.05, 4.69) is 44.0 Å². The number of aryl methyl sites for hydroxylation is 2. The van der Waals surface area contributed by atoms with Crippen LogP contribution in [-0.4, -0.2) is 30.7 Å². The van der Waals surface area contributed by atoms with Gasteiger partial charge in [0.1, 0.15) is 5.60 Å². The predicted octanol–water partition coefficient (Wildman–Crippen LogP) is 4.85. The molecule has 1 fully saturated rings. The van der Waals surface area contributed by atoms with E-state index in [0.29, 0.717) is 5.92 Å². The van der Waals surface area contributed by atoms with E-state index in [0.717, 1.165) is 19.0 Å². The summed E-state index contributed by atoms with van der Waals surface area (Å²) in [6.07, 6.45) is 2.02. The molecule has 3 heteroatoms. The Morgan fingerprint density at radius 1 is 1.25 bits per heavy atom. The first kappa shape index (κ1) is 18.6. The standard InChI is InChI=1S/C21H31NO2/c1-9-19-14(2)10-17(11-15(19)3)20(23-8)18-12-22(13-18)16(4)24-21(5,6)7/h9-11,18,20H,1,4,12-13H2,2-3,5-8H3. The first-order valence-corrected chi connectivity index (χ1v) is 8.55. The Morgan fingerprint density at radius 3 is 2.21 bits per heavy atom. The van der Waals surface area contributed by atoms with Crippen molar-refractivity contribution in [2.45, 2.75) is 46.3 Å². The van der Waals surface area contributed by atoms with Crippen LogP contribution < -0.4 is 0 Å². The molecule has 0 aromatic heterocycles. The van der Waals surface area contributed by atoms with Gasteiger partial charge in [0, 0.05) is 26.1 Å². The lowest BCUT2D eigenvalue weighted by atomic mass is 9.86. The van der Waals surface area contributed by atoms with Gasteiger partial charge in [0.25, 0.3) is 0 Å². The van der Waals surface area contributed by atoms with Crippen LogP contribution in [0.5, 0.6) is 0 Å². The third-order valence-electron chi connectivity index (χ3n) is 4.52. The fourth-order valence-electron chi connectivity index (χ4n) is 3.42. The predicted molar refractivity (Wildman–Crippen MR) is 101 cm³/mol. The van der Waals surface area contributed by atoms with Gasteiger partial charge in [-0.3, -0.25) is 0 Å². The van der Waals surface area contributed by atoms with Gasteiger partial charge in [0.15, 0.2) is 5.88 Å². The van der Waals surface area contributed by atoms with E-state index in [9.17, 15) is 0 Å². The van der Waals surface area contributed by atoms with E-state index in [1.54, 1.807) is 7.11 Å². The molecule has 1 heterocycles. The van der Waals surface area contributed by atoms with E-state index in [-0.39, 0.29) is 11.7 Å². The second kappa shape index (κ2) is 7.02. The zero-order valence-electron chi connectivity index (χ0n) is 16.0. The van der Waals surface area contributed by atoms with Crippen LogP contribution in [0.2, 0.25) is 0 Å². The average molecular weight is 329 g/mol. The van der Waals surface area contributed by atoms with Gasteiger partial charge < -0.3 is 14.4 Å². The highest BCUT2D eigenvalue weighted by Gasteiger charge is 2.36. The summed E-state index contributed by atoms with van der Waals surface area (Å²) in [6.45, 7) is 20.2. The molecule has 0 spiro atoms. The number of benzene rings is 1. The van der Waals surface area contributed by atoms with Crippen molar-refractivity contribution in [3.05, 3.63) is 53.4 Å². The molecule has 1 atom stereocenters. The highest BCUT2D eigenvalue weighted by Crippen LogP contribution is 2.36. The Bertz CT molecular complexity index is 598. The maximum atomic E-state index is 5.86. The molecule has 1 unspecified atom stereocenters. The first-order valence-electron chi connectivity index (χ1n) is 8.55. The molecule has 1 aliphatic rings. The number of hydrogen-bond acceptors (Lipinski definition) is 3. The number of nitrogens with zero attached hydrogens (tertiary/aromatic N) is 1. The number of methoxy groups -OCH3 is 1. The molecule has 1 saturated heterocycles. The summed E-state index contributed by atoms with van der Waals surface area (Å²) in [5.41, 5.74) is 4.75. The minimum absolute atomic E-state index is 0.0972. The van der Waals surface area contributed by atoms with Gasteiger partial charge in [-0.1, -0.05) is 24.8 Å². The minimum atomic E-state index is -0.211. The lowest BCUT2D eigenvalue weighted by molar-refractivity contribution is -0.0682. The van der Waals surface area contributed by atoms with Gasteiger partial charge in [-0.05, 0) is 63.5 Å². The number of rotatable bonds is 6. The van der Waals surface area contributed by atoms with Crippen LogP contribution in [0.3, 0.4) is 0 Å². The quantitative estimate of drug-likeness (QED) is 0.696. The molecule has 1 aromatic rings. The normalized spacial score (nSPS) is 16.5. The van der Waals surface area contributed by atoms with Crippen molar-refractivity contribution < 1.29 is 9.47 Å². The van der Waals surface area contributed by atoms with Gasteiger partial charge in [-0.25, -0.2) is 0 Å². The topological polar surface area (TPSA) is 21.7 Å². The molecule has 1 aromatic carbocycles. The summed E-state index contributed by atoms with van der Waals surface area (Å²) < 4.78 is 11.7. The summed E-state index contributed by atoms with van der Waals surface area (Å²) in [4.78, 5) is 2.18. The van der Waals surface area contributed by atoms with E-state index < -0.39 is 0 Å². The highest BCUT2D eigenvalue weighted by atomic mass is 16.5. The Kier molecular flexibility index (Phi) is 5.44. The fraction of sp³-hybridized carbons (Fsp3) is 0.524. The molecule has 0 saturated carbocycles. The van der Waals surface area contributed by atoms with E-state index in [1.165, 1.54) is 22.3 Å². The fourth-order valence-corrected chi connectivity index (χ4v) is 3.42. The second-order valence-electron chi connectivity index (χ2n) is 7.70. The summed E-state index contributed by atoms with van der Waals surface area (Å²) in [6, 6.07) is 4.45. The zero-order valence-corrected chi connectivity index (χ0v) is 16.0. The largest absolute Gasteiger partial charge is 0.474 e. The Balaban J connectivity index is 2.07. The number of ether oxygens (including phenoxy) is 2. The maximum Gasteiger partial charge on any atom is 0.182 e. The molecule has 0 bridgehead atoms. The molecular weight excluding hydrogens is 298 g/mol. The van der Waals surface area contributed by atoms with Crippen molar-refractivity contribution >= 4 is 6.08 Å². The van der Waals surface area contributed by atoms with Crippen LogP contribution in [-0.2, 0) is 9.47 Å². The van der Waals surface area contributed by atoms with Crippen LogP contribution in [0.1, 0.15) is 49.1 Å². The number of likely N-dealkylation sites (tertiary alicyclic amines) is 1. The van der Waals surface area contributed by atoms with Crippen molar-refractivity contribution in [2.75, 3.05) is 20.2 Å². The molecule has 24 heavy (non-hydrogen) atoms. The summed E-state index contributed by atoms with van der Waals surface area (Å²) in [5.74, 6) is 1.20. The molecule has 3 nitrogen and oxygen atoms in total. The summed E-state index contributed by atoms with van der Waals surface area (Å²) in [7, 11) is 1.79. The van der Waals surface area contributed by atoms with Crippen molar-refractivity contribution in [2.24, 2.45) is 5.92 Å². The van der Waals surface area contributed by atoms with Gasteiger partial charge >= 0.3 is 0 Å². The summed E-state index contributed by atoms with van der Waals surface area (Å²) in [5, 5.41) is 0. The van der Waals surface area contributed by atoms with Gasteiger partial charge in [-0.15, -0.1) is 0 Å². The van der Waals surface area contributed by atoms with Crippen LogP contribution in [0.4, 0.5) is 0 Å². The SMILES string of the molecule is C=Cc1c(C)cc(C(OC)C2CN(C(=C)OC(C)(C)C)C2)cc1C. The van der Waals surface area contributed by atoms with Crippen LogP contribution in [0.15, 0.2) is 31.2 Å². The van der Waals surface area contributed by atoms with Gasteiger partial charge in [-0.2, -0.15) is 0 Å². The van der Waals surface area contributed by atoms with Crippen molar-refractivity contribution in [1.29, 1.82) is 0 Å². The third-order valence-corrected chi connectivity index (χ3v) is 4.52. The molecule has 0 radical (unpaired) electrons. The Morgan fingerprint density at radius 2 is 1.79 bits per heavy atom. The van der Waals surface area contributed by atoms with E-state index >= 15 is 0 Å². The molecule has 0 N–H and O–H groups in total.